The Bertz CT molecular complexity index is 2040. The van der Waals surface area contributed by atoms with Crippen LogP contribution in [0.15, 0.2) is 158 Å². The molecule has 8 heteroatoms. The molecule has 0 saturated heterocycles. The Hall–Kier alpha value is -5.01. The molecule has 8 nitrogen and oxygen atoms in total. The van der Waals surface area contributed by atoms with Crippen LogP contribution in [0.5, 0.6) is 0 Å². The number of carbonyl (C=O) groups is 3. The lowest BCUT2D eigenvalue weighted by atomic mass is 10.1. The van der Waals surface area contributed by atoms with E-state index in [1.807, 2.05) is 36.5 Å². The van der Waals surface area contributed by atoms with Crippen LogP contribution < -0.4 is 0 Å². The molecule has 0 fully saturated rings. The van der Waals surface area contributed by atoms with Gasteiger partial charge in [0.2, 0.25) is 0 Å². The summed E-state index contributed by atoms with van der Waals surface area (Å²) in [6.45, 7) is 13.8. The third kappa shape index (κ3) is 96.2. The van der Waals surface area contributed by atoms with Crippen molar-refractivity contribution in [3.05, 3.63) is 158 Å². The largest absolute Gasteiger partial charge is 0.396 e. The summed E-state index contributed by atoms with van der Waals surface area (Å²) in [4.78, 5) is 32.3. The summed E-state index contributed by atoms with van der Waals surface area (Å²) >= 11 is 0. The lowest BCUT2D eigenvalue weighted by Gasteiger charge is -2.07. The molecule has 5 N–H and O–H groups in total. The molecule has 0 spiro atoms. The van der Waals surface area contributed by atoms with Gasteiger partial charge < -0.3 is 39.9 Å². The SMILES string of the molecule is CCCC[C@@H](O)/C=C\C/C=C\C/C=C\C/C=C\CCCC(C)=O.CCCC[C@@H](O)/C=C\C/C=C\C/C=C\C/C=C\CCCCO.CCCC[C@@H](O)/C=C\C/C=C\C/C=C\CC#CCCCC(C)=O.CCCC[C@@H](O)CCC/C=C\C/C=C\CCCCCCC(C)=O. The molecule has 0 aliphatic heterocycles. The minimum atomic E-state index is -0.294. The van der Waals surface area contributed by atoms with Crippen molar-refractivity contribution in [2.75, 3.05) is 6.61 Å². The van der Waals surface area contributed by atoms with Gasteiger partial charge in [-0.15, -0.1) is 5.92 Å². The Labute approximate surface area is 560 Å². The van der Waals surface area contributed by atoms with Gasteiger partial charge in [0.05, 0.1) is 24.4 Å². The summed E-state index contributed by atoms with van der Waals surface area (Å²) in [7, 11) is 0. The maximum Gasteiger partial charge on any atom is 0.129 e. The molecule has 0 aromatic heterocycles. The van der Waals surface area contributed by atoms with Crippen LogP contribution >= 0.6 is 0 Å². The van der Waals surface area contributed by atoms with E-state index < -0.39 is 0 Å². The predicted molar refractivity (Wildman–Crippen MR) is 397 cm³/mol. The number of allylic oxidation sites excluding steroid dienone is 23. The van der Waals surface area contributed by atoms with Crippen molar-refractivity contribution in [2.24, 2.45) is 0 Å². The van der Waals surface area contributed by atoms with E-state index in [4.69, 9.17) is 5.11 Å². The number of ketones is 3. The number of unbranched alkanes of at least 4 members (excludes halogenated alkanes) is 13. The molecule has 0 aromatic rings. The second kappa shape index (κ2) is 83.0. The quantitative estimate of drug-likeness (QED) is 0.0229. The minimum Gasteiger partial charge on any atom is -0.396 e. The Morgan fingerprint density at radius 3 is 0.989 bits per heavy atom. The van der Waals surface area contributed by atoms with Crippen molar-refractivity contribution >= 4 is 17.3 Å². The summed E-state index contributed by atoms with van der Waals surface area (Å²) < 4.78 is 0. The van der Waals surface area contributed by atoms with Crippen LogP contribution in [-0.2, 0) is 14.4 Å². The molecule has 0 unspecified atom stereocenters. The third-order valence-electron chi connectivity index (χ3n) is 14.1. The van der Waals surface area contributed by atoms with Crippen molar-refractivity contribution in [1.82, 2.24) is 0 Å². The maximum absolute atomic E-state index is 10.8. The van der Waals surface area contributed by atoms with Gasteiger partial charge in [-0.3, -0.25) is 0 Å². The Morgan fingerprint density at radius 2 is 0.604 bits per heavy atom. The predicted octanol–water partition coefficient (Wildman–Crippen LogP) is 22.1. The molecule has 518 valence electrons. The van der Waals surface area contributed by atoms with Gasteiger partial charge in [-0.1, -0.05) is 256 Å². The van der Waals surface area contributed by atoms with Crippen molar-refractivity contribution in [1.29, 1.82) is 0 Å². The first kappa shape index (κ1) is 92.4. The zero-order valence-corrected chi connectivity index (χ0v) is 59.3. The number of Topliss-reactive ketones (excluding diaryl/α,β-unsaturated/α-hetero) is 3. The number of rotatable bonds is 56. The molecule has 0 aliphatic carbocycles. The topological polar surface area (TPSA) is 152 Å². The summed E-state index contributed by atoms with van der Waals surface area (Å²) in [5.41, 5.74) is 0. The van der Waals surface area contributed by atoms with E-state index in [0.29, 0.717) is 25.2 Å². The summed E-state index contributed by atoms with van der Waals surface area (Å²) in [6.07, 6.45) is 93.5. The van der Waals surface area contributed by atoms with Crippen molar-refractivity contribution < 1.29 is 39.9 Å². The van der Waals surface area contributed by atoms with Gasteiger partial charge in [-0.05, 0) is 181 Å². The molecule has 0 amide bonds. The second-order valence-corrected chi connectivity index (χ2v) is 23.6. The fourth-order valence-corrected chi connectivity index (χ4v) is 8.47. The highest BCUT2D eigenvalue weighted by Gasteiger charge is 2.02. The average Bonchev–Trinajstić information content (AvgIpc) is 3.54. The first-order valence-corrected chi connectivity index (χ1v) is 36.1. The number of aliphatic hydroxyl groups is 5. The van der Waals surface area contributed by atoms with E-state index in [2.05, 4.69) is 161 Å². The number of hydrogen-bond acceptors (Lipinski definition) is 8. The third-order valence-corrected chi connectivity index (χ3v) is 14.1. The molecule has 4 atom stereocenters. The van der Waals surface area contributed by atoms with Crippen LogP contribution in [0.2, 0.25) is 0 Å². The van der Waals surface area contributed by atoms with Crippen LogP contribution in [0.25, 0.3) is 0 Å². The van der Waals surface area contributed by atoms with Gasteiger partial charge >= 0.3 is 0 Å². The van der Waals surface area contributed by atoms with E-state index in [9.17, 15) is 34.8 Å². The first-order valence-electron chi connectivity index (χ1n) is 36.1. The zero-order chi connectivity index (χ0) is 67.8. The van der Waals surface area contributed by atoms with E-state index in [0.717, 1.165) is 218 Å². The number of carbonyl (C=O) groups excluding carboxylic acids is 3. The molecular formula is C83H138O8. The highest BCUT2D eigenvalue weighted by Crippen LogP contribution is 2.11. The van der Waals surface area contributed by atoms with Crippen molar-refractivity contribution in [3.8, 4) is 11.8 Å². The smallest absolute Gasteiger partial charge is 0.129 e. The molecule has 0 rings (SSSR count). The molecule has 0 radical (unpaired) electrons. The van der Waals surface area contributed by atoms with Gasteiger partial charge in [0.25, 0.3) is 0 Å². The van der Waals surface area contributed by atoms with E-state index in [1.54, 1.807) is 20.8 Å². The van der Waals surface area contributed by atoms with Crippen LogP contribution in [-0.4, -0.2) is 73.9 Å². The van der Waals surface area contributed by atoms with Crippen molar-refractivity contribution in [2.45, 2.75) is 330 Å². The highest BCUT2D eigenvalue weighted by molar-refractivity contribution is 5.76. The molecule has 0 saturated carbocycles. The molecule has 0 bridgehead atoms. The summed E-state index contributed by atoms with van der Waals surface area (Å²) in [5, 5.41) is 47.3. The van der Waals surface area contributed by atoms with E-state index >= 15 is 0 Å². The molecule has 0 heterocycles. The summed E-state index contributed by atoms with van der Waals surface area (Å²) in [5.74, 6) is 6.99. The number of aliphatic hydroxyl groups excluding tert-OH is 5. The summed E-state index contributed by atoms with van der Waals surface area (Å²) in [6, 6.07) is 0. The normalized spacial score (nSPS) is 13.5. The monoisotopic (exact) mass is 1260 g/mol. The average molecular weight is 1260 g/mol. The van der Waals surface area contributed by atoms with Crippen molar-refractivity contribution in [3.63, 3.8) is 0 Å². The number of hydrogen-bond donors (Lipinski definition) is 5. The fraction of sp³-hybridized carbons (Fsp3) is 0.627. The second-order valence-electron chi connectivity index (χ2n) is 23.6. The van der Waals surface area contributed by atoms with E-state index in [1.165, 1.54) is 25.7 Å². The molecular weight excluding hydrogens is 1120 g/mol. The van der Waals surface area contributed by atoms with Gasteiger partial charge in [0.15, 0.2) is 0 Å². The molecule has 91 heavy (non-hydrogen) atoms. The molecule has 0 aliphatic rings. The fourth-order valence-electron chi connectivity index (χ4n) is 8.47. The van der Waals surface area contributed by atoms with Crippen LogP contribution in [0.3, 0.4) is 0 Å². The van der Waals surface area contributed by atoms with Crippen LogP contribution in [0, 0.1) is 11.8 Å². The van der Waals surface area contributed by atoms with Crippen LogP contribution in [0.4, 0.5) is 0 Å². The maximum atomic E-state index is 10.8. The van der Waals surface area contributed by atoms with Gasteiger partial charge in [-0.25, -0.2) is 0 Å². The van der Waals surface area contributed by atoms with Gasteiger partial charge in [-0.2, -0.15) is 0 Å². The zero-order valence-electron chi connectivity index (χ0n) is 59.3. The van der Waals surface area contributed by atoms with Gasteiger partial charge in [0.1, 0.15) is 17.3 Å². The standard InChI is InChI=1S/C21H38O2.C21H34O2.C21H32O2.C20H34O2/c3*1-3-4-18-21(23)19-16-14-12-10-8-6-5-7-9-11-13-15-17-20(2)22;1-2-3-17-20(22)18-15-13-11-9-7-5-4-6-8-10-12-14-16-19-21/h5-6,10,12,21,23H,3-4,7-9,11,13-19H2,1-2H3;5-6,9-12,16,19,21,23H,3-4,7-8,13-15,17-18H2,1-2H3;5-6,10,12,16,19,21,23H,3-4,7-8,13-15,17-18H2,1-2H3;4-5,8-11,15,18,20-22H,2-3,6-7,12-14,16-17,19H2,1H3/b6-5-,12-10-;6-5-,11-9-,12-10-,19-16-;6-5-,12-10-,19-16-;5-4-,10-8-,11-9-,18-15-/t3*21-;20-/m1111/s1. The van der Waals surface area contributed by atoms with Crippen LogP contribution in [0.1, 0.15) is 305 Å². The lowest BCUT2D eigenvalue weighted by Crippen LogP contribution is -2.05. The minimum absolute atomic E-state index is 0.0984. The molecule has 0 aromatic carbocycles. The van der Waals surface area contributed by atoms with E-state index in [-0.39, 0.29) is 36.0 Å². The highest BCUT2D eigenvalue weighted by atomic mass is 16.3. The Balaban J connectivity index is -0.000000555. The Kier molecular flexibility index (Phi) is 84.3. The lowest BCUT2D eigenvalue weighted by molar-refractivity contribution is -0.117. The van der Waals surface area contributed by atoms with Gasteiger partial charge in [0, 0.05) is 38.7 Å². The Morgan fingerprint density at radius 1 is 0.308 bits per heavy atom. The first-order chi connectivity index (χ1) is 44.3.